The third-order valence-electron chi connectivity index (χ3n) is 7.47. The first-order valence-corrected chi connectivity index (χ1v) is 19.5. The van der Waals surface area contributed by atoms with Gasteiger partial charge in [-0.2, -0.15) is 0 Å². The number of phosphoric ester groups is 2. The molecule has 0 saturated carbocycles. The standard InChI is InChI=1S/2C15H25N2O10P.2Ca/c2*16-11(14(20)21)1-2-13(19)17-6-4-10-3-5-15(22,12(18)9-10)26-7-8-27-28(23,24)25;;/h2*3,5,9,11-12,18,22H,1-2,4,6-8,16H2,(H,17,19)(H,20,21)(H2,23,24,25);;/q;;2*+2/p-4/t2*11-,12?,15?;;/m00../s1. The van der Waals surface area contributed by atoms with E-state index in [0.29, 0.717) is 24.0 Å². The van der Waals surface area contributed by atoms with Gasteiger partial charge in [-0.25, -0.2) is 0 Å². The van der Waals surface area contributed by atoms with Crippen LogP contribution in [0.3, 0.4) is 0 Å². The van der Waals surface area contributed by atoms with E-state index in [9.17, 15) is 68.3 Å². The van der Waals surface area contributed by atoms with Gasteiger partial charge in [0.1, 0.15) is 24.3 Å². The Bertz CT molecular complexity index is 1450. The van der Waals surface area contributed by atoms with Crippen LogP contribution in [0.2, 0.25) is 0 Å². The molecule has 28 heteroatoms. The predicted molar refractivity (Wildman–Crippen MR) is 192 cm³/mol. The predicted octanol–water partition coefficient (Wildman–Crippen LogP) is -6.58. The Morgan fingerprint density at radius 3 is 1.29 bits per heavy atom. The van der Waals surface area contributed by atoms with E-state index >= 15 is 0 Å². The molecule has 2 rings (SSSR count). The molecular weight excluding hydrogens is 878 g/mol. The molecule has 12 N–H and O–H groups in total. The Labute approximate surface area is 392 Å². The van der Waals surface area contributed by atoms with Gasteiger partial charge in [0, 0.05) is 25.9 Å². The van der Waals surface area contributed by atoms with Crippen LogP contribution in [0, 0.1) is 0 Å². The van der Waals surface area contributed by atoms with Gasteiger partial charge in [-0.3, -0.25) is 19.2 Å². The quantitative estimate of drug-likeness (QED) is 0.0186. The second-order valence-electron chi connectivity index (χ2n) is 12.0. The van der Waals surface area contributed by atoms with Crippen LogP contribution in [0.5, 0.6) is 0 Å². The monoisotopic (exact) mass is 924 g/mol. The summed E-state index contributed by atoms with van der Waals surface area (Å²) < 4.78 is 38.5. The zero-order chi connectivity index (χ0) is 42.7. The average molecular weight is 925 g/mol. The molecule has 6 atom stereocenters. The smallest absolute Gasteiger partial charge is 0.790 e. The van der Waals surface area contributed by atoms with Gasteiger partial charge in [0.05, 0.1) is 42.1 Å². The van der Waals surface area contributed by atoms with Crippen LogP contribution >= 0.6 is 15.6 Å². The van der Waals surface area contributed by atoms with E-state index in [-0.39, 0.29) is 126 Å². The van der Waals surface area contributed by atoms with Crippen molar-refractivity contribution in [1.29, 1.82) is 0 Å². The molecule has 0 aromatic heterocycles. The molecule has 0 bridgehead atoms. The van der Waals surface area contributed by atoms with Crippen molar-refractivity contribution in [2.24, 2.45) is 11.5 Å². The molecule has 0 aliphatic heterocycles. The third-order valence-corrected chi connectivity index (χ3v) is 8.46. The Morgan fingerprint density at radius 1 is 0.690 bits per heavy atom. The average Bonchev–Trinajstić information content (AvgIpc) is 3.09. The molecule has 0 aromatic rings. The number of aliphatic carboxylic acids is 2. The fraction of sp³-hybridized carbons (Fsp3) is 0.600. The van der Waals surface area contributed by atoms with Gasteiger partial charge in [-0.1, -0.05) is 12.2 Å². The number of carbonyl (C=O) groups is 4. The van der Waals surface area contributed by atoms with Gasteiger partial charge in [-0.05, 0) is 61.1 Å². The molecule has 2 aliphatic rings. The zero-order valence-corrected chi connectivity index (χ0v) is 37.3. The normalized spacial score (nSPS) is 22.4. The molecule has 24 nitrogen and oxygen atoms in total. The first-order valence-electron chi connectivity index (χ1n) is 16.6. The number of aliphatic hydroxyl groups is 4. The maximum Gasteiger partial charge on any atom is 2.00 e. The Hall–Kier alpha value is -0.741. The van der Waals surface area contributed by atoms with Gasteiger partial charge in [0.2, 0.25) is 23.4 Å². The zero-order valence-electron chi connectivity index (χ0n) is 31.1. The number of carboxylic acids is 2. The molecule has 0 spiro atoms. The SMILES string of the molecule is N[C@@H](CCC(=O)NCCC1=CC(O)C(O)(OCCOP(=O)([O-])[O-])C=C1)C(=O)O.N[C@@H](CCC(=O)NCCC1=CC(O)C(O)(OCCOP(=O)([O-])[O-])C=C1)C(=O)O.[Ca+2].[Ca+2]. The van der Waals surface area contributed by atoms with Crippen LogP contribution in [0.25, 0.3) is 0 Å². The van der Waals surface area contributed by atoms with Crippen LogP contribution in [0.1, 0.15) is 38.5 Å². The summed E-state index contributed by atoms with van der Waals surface area (Å²) in [6.45, 7) is -1.71. The number of amides is 2. The van der Waals surface area contributed by atoms with Gasteiger partial charge in [0.15, 0.2) is 0 Å². The van der Waals surface area contributed by atoms with Crippen molar-refractivity contribution >= 4 is 115 Å². The van der Waals surface area contributed by atoms with Gasteiger partial charge >= 0.3 is 87.4 Å². The number of carbonyl (C=O) groups excluding carboxylic acids is 2. The molecular formula is C30H46Ca2N4O20P2. The number of hydrogen-bond donors (Lipinski definition) is 10. The summed E-state index contributed by atoms with van der Waals surface area (Å²) in [6.07, 6.45) is 5.40. The summed E-state index contributed by atoms with van der Waals surface area (Å²) in [6, 6.07) is -2.22. The van der Waals surface area contributed by atoms with Gasteiger partial charge in [0.25, 0.3) is 0 Å². The van der Waals surface area contributed by atoms with Crippen molar-refractivity contribution < 1.29 is 97.0 Å². The van der Waals surface area contributed by atoms with E-state index in [0.717, 1.165) is 12.2 Å². The van der Waals surface area contributed by atoms with Crippen LogP contribution < -0.4 is 41.7 Å². The van der Waals surface area contributed by atoms with E-state index in [4.69, 9.17) is 31.2 Å². The Kier molecular flexibility index (Phi) is 29.5. The van der Waals surface area contributed by atoms with E-state index in [1.165, 1.54) is 24.3 Å². The molecule has 2 aliphatic carbocycles. The number of phosphoric acid groups is 2. The first kappa shape index (κ1) is 59.4. The third kappa shape index (κ3) is 25.9. The van der Waals surface area contributed by atoms with Crippen molar-refractivity contribution in [1.82, 2.24) is 10.6 Å². The molecule has 0 radical (unpaired) electrons. The van der Waals surface area contributed by atoms with E-state index < -0.39 is 89.9 Å². The fourth-order valence-corrected chi connectivity index (χ4v) is 5.00. The number of hydrogen-bond acceptors (Lipinski definition) is 20. The maximum absolute atomic E-state index is 11.6. The molecule has 2 amide bonds. The fourth-order valence-electron chi connectivity index (χ4n) is 4.40. The molecule has 0 heterocycles. The number of rotatable bonds is 24. The minimum Gasteiger partial charge on any atom is -0.790 e. The van der Waals surface area contributed by atoms with Gasteiger partial charge < -0.3 is 100.0 Å². The van der Waals surface area contributed by atoms with Crippen LogP contribution in [0.15, 0.2) is 47.6 Å². The minimum atomic E-state index is -5.14. The maximum atomic E-state index is 11.6. The molecule has 58 heavy (non-hydrogen) atoms. The second-order valence-corrected chi connectivity index (χ2v) is 14.3. The van der Waals surface area contributed by atoms with Crippen molar-refractivity contribution in [3.63, 3.8) is 0 Å². The number of aliphatic hydroxyl groups excluding tert-OH is 2. The van der Waals surface area contributed by atoms with E-state index in [2.05, 4.69) is 19.7 Å². The molecule has 4 unspecified atom stereocenters. The number of nitrogens with two attached hydrogens (primary N) is 2. The number of ether oxygens (including phenoxy) is 2. The van der Waals surface area contributed by atoms with Crippen LogP contribution in [0.4, 0.5) is 0 Å². The second kappa shape index (κ2) is 28.8. The summed E-state index contributed by atoms with van der Waals surface area (Å²) in [7, 11) is -10.3. The first-order chi connectivity index (χ1) is 25.9. The topological polar surface area (TPSA) is 429 Å². The van der Waals surface area contributed by atoms with Crippen molar-refractivity contribution in [3.05, 3.63) is 47.6 Å². The number of carboxylic acid groups (broad SMARTS) is 2. The number of allylic oxidation sites excluding steroid dienone is 2. The van der Waals surface area contributed by atoms with Crippen molar-refractivity contribution in [2.75, 3.05) is 39.5 Å². The minimum absolute atomic E-state index is 0. The molecule has 0 aromatic carbocycles. The van der Waals surface area contributed by atoms with E-state index in [1.807, 2.05) is 0 Å². The Balaban J connectivity index is 0. The van der Waals surface area contributed by atoms with Crippen molar-refractivity contribution in [2.45, 2.75) is 74.4 Å². The number of nitrogens with one attached hydrogen (secondary N) is 2. The molecule has 0 fully saturated rings. The van der Waals surface area contributed by atoms with Crippen LogP contribution in [-0.4, -0.2) is 205 Å². The summed E-state index contributed by atoms with van der Waals surface area (Å²) in [5.74, 6) is -7.33. The summed E-state index contributed by atoms with van der Waals surface area (Å²) >= 11 is 0. The van der Waals surface area contributed by atoms with Crippen molar-refractivity contribution in [3.8, 4) is 0 Å². The Morgan fingerprint density at radius 2 is 1.02 bits per heavy atom. The van der Waals surface area contributed by atoms with Gasteiger partial charge in [-0.15, -0.1) is 0 Å². The molecule has 320 valence electrons. The molecule has 0 saturated heterocycles. The van der Waals surface area contributed by atoms with Crippen LogP contribution in [-0.2, 0) is 46.8 Å². The summed E-state index contributed by atoms with van der Waals surface area (Å²) in [5, 5.41) is 62.7. The summed E-state index contributed by atoms with van der Waals surface area (Å²) in [5.41, 5.74) is 11.8. The largest absolute Gasteiger partial charge is 2.00 e. The summed E-state index contributed by atoms with van der Waals surface area (Å²) in [4.78, 5) is 85.6. The van der Waals surface area contributed by atoms with E-state index in [1.54, 1.807) is 0 Å².